The van der Waals surface area contributed by atoms with Crippen molar-refractivity contribution >= 4 is 35.5 Å². The molecule has 1 aromatic heterocycles. The number of hydrogen-bond acceptors (Lipinski definition) is 10. The van der Waals surface area contributed by atoms with Crippen LogP contribution in [0.3, 0.4) is 0 Å². The highest BCUT2D eigenvalue weighted by Crippen LogP contribution is 2.53. The van der Waals surface area contributed by atoms with E-state index in [1.54, 1.807) is 6.92 Å². The van der Waals surface area contributed by atoms with Crippen LogP contribution in [-0.4, -0.2) is 114 Å². The van der Waals surface area contributed by atoms with Crippen molar-refractivity contribution < 1.29 is 24.3 Å². The highest BCUT2D eigenvalue weighted by molar-refractivity contribution is 8.03. The molecule has 220 valence electrons. The molecule has 3 amide bonds. The predicted molar refractivity (Wildman–Crippen MR) is 145 cm³/mol. The van der Waals surface area contributed by atoms with Crippen molar-refractivity contribution in [3.8, 4) is 0 Å². The zero-order valence-corrected chi connectivity index (χ0v) is 23.8. The minimum Gasteiger partial charge on any atom is -0.477 e. The summed E-state index contributed by atoms with van der Waals surface area (Å²) in [6.07, 6.45) is 4.27. The van der Waals surface area contributed by atoms with Gasteiger partial charge in [0.25, 0.3) is 0 Å². The summed E-state index contributed by atoms with van der Waals surface area (Å²) in [5, 5.41) is 30.7. The number of hydrogen-bond donors (Lipinski definition) is 4. The van der Waals surface area contributed by atoms with Crippen LogP contribution in [0, 0.1) is 23.2 Å². The second-order valence-electron chi connectivity index (χ2n) is 12.6. The number of thioether (sulfide) groups is 1. The molecule has 14 nitrogen and oxygen atoms in total. The van der Waals surface area contributed by atoms with Gasteiger partial charge in [0.2, 0.25) is 17.7 Å². The van der Waals surface area contributed by atoms with Gasteiger partial charge < -0.3 is 30.9 Å². The molecular formula is C26H35N9O5S. The van der Waals surface area contributed by atoms with E-state index in [1.165, 1.54) is 34.1 Å². The number of nitrogens with one attached hydrogen (secondary N) is 3. The Kier molecular flexibility index (Phi) is 6.39. The van der Waals surface area contributed by atoms with E-state index < -0.39 is 17.9 Å². The number of piperidine rings is 1. The number of tetrazole rings is 1. The maximum Gasteiger partial charge on any atom is 0.353 e. The SMILES string of the molecule is CC(NC(=O)Cn1cnnn1)[C@H]1C(=O)N2C(C(=O)O)=C(SC3CN[C@H](C(=O)N4CC5CC6C[C@@]5(CN6)C4)C3)C(C)[C@H]12. The summed E-state index contributed by atoms with van der Waals surface area (Å²) in [6.45, 7) is 6.90. The van der Waals surface area contributed by atoms with Crippen molar-refractivity contribution in [2.45, 2.75) is 69.1 Å². The summed E-state index contributed by atoms with van der Waals surface area (Å²) in [7, 11) is 0. The van der Waals surface area contributed by atoms with Gasteiger partial charge in [0.1, 0.15) is 18.6 Å². The minimum atomic E-state index is -1.13. The molecule has 0 aromatic carbocycles. The number of likely N-dealkylation sites (tertiary alicyclic amines) is 1. The third-order valence-corrected chi connectivity index (χ3v) is 11.7. The molecule has 5 aliphatic heterocycles. The maximum absolute atomic E-state index is 13.5. The molecule has 4 saturated heterocycles. The van der Waals surface area contributed by atoms with Crippen molar-refractivity contribution in [3.63, 3.8) is 0 Å². The number of aliphatic carboxylic acids is 1. The molecule has 5 fully saturated rings. The number of nitrogens with zero attached hydrogens (tertiary/aromatic N) is 6. The van der Waals surface area contributed by atoms with E-state index in [-0.39, 0.29) is 58.6 Å². The molecule has 15 heteroatoms. The summed E-state index contributed by atoms with van der Waals surface area (Å²) >= 11 is 1.48. The van der Waals surface area contributed by atoms with Crippen LogP contribution < -0.4 is 16.0 Å². The van der Waals surface area contributed by atoms with Crippen LogP contribution in [0.1, 0.15) is 33.1 Å². The Labute approximate surface area is 241 Å². The van der Waals surface area contributed by atoms with Gasteiger partial charge in [0.15, 0.2) is 0 Å². The molecule has 0 radical (unpaired) electrons. The summed E-state index contributed by atoms with van der Waals surface area (Å²) in [6, 6.07) is -0.505. The van der Waals surface area contributed by atoms with E-state index >= 15 is 0 Å². The fourth-order valence-corrected chi connectivity index (χ4v) is 9.80. The van der Waals surface area contributed by atoms with Gasteiger partial charge in [-0.15, -0.1) is 16.9 Å². The molecule has 1 aromatic rings. The van der Waals surface area contributed by atoms with Crippen molar-refractivity contribution in [1.29, 1.82) is 0 Å². The molecule has 9 atom stereocenters. The lowest BCUT2D eigenvalue weighted by atomic mass is 9.78. The molecule has 1 aliphatic carbocycles. The summed E-state index contributed by atoms with van der Waals surface area (Å²) in [5.41, 5.74) is 0.277. The first kappa shape index (κ1) is 26.8. The molecule has 6 heterocycles. The second-order valence-corrected chi connectivity index (χ2v) is 14.0. The molecule has 7 rings (SSSR count). The molecule has 6 aliphatic rings. The van der Waals surface area contributed by atoms with Gasteiger partial charge in [-0.05, 0) is 42.5 Å². The Morgan fingerprint density at radius 3 is 2.83 bits per heavy atom. The molecular weight excluding hydrogens is 550 g/mol. The lowest BCUT2D eigenvalue weighted by Crippen LogP contribution is -2.66. The maximum atomic E-state index is 13.5. The van der Waals surface area contributed by atoms with E-state index in [0.717, 1.165) is 26.1 Å². The first-order valence-electron chi connectivity index (χ1n) is 14.4. The number of rotatable bonds is 8. The van der Waals surface area contributed by atoms with Crippen LogP contribution in [0.2, 0.25) is 0 Å². The highest BCUT2D eigenvalue weighted by atomic mass is 32.2. The Bertz CT molecular complexity index is 1320. The van der Waals surface area contributed by atoms with Gasteiger partial charge in [-0.1, -0.05) is 6.92 Å². The fourth-order valence-electron chi connectivity index (χ4n) is 8.32. The molecule has 1 saturated carbocycles. The van der Waals surface area contributed by atoms with Crippen LogP contribution in [0.15, 0.2) is 16.9 Å². The van der Waals surface area contributed by atoms with Crippen LogP contribution in [-0.2, 0) is 25.7 Å². The quantitative estimate of drug-likeness (QED) is 0.265. The van der Waals surface area contributed by atoms with Gasteiger partial charge in [0, 0.05) is 59.8 Å². The lowest BCUT2D eigenvalue weighted by Gasteiger charge is -2.47. The number of aromatic nitrogens is 4. The monoisotopic (exact) mass is 585 g/mol. The van der Waals surface area contributed by atoms with Crippen LogP contribution in [0.25, 0.3) is 0 Å². The number of amides is 3. The number of carboxylic acids is 1. The number of carbonyl (C=O) groups is 4. The molecule has 41 heavy (non-hydrogen) atoms. The van der Waals surface area contributed by atoms with Crippen LogP contribution in [0.5, 0.6) is 0 Å². The molecule has 1 spiro atoms. The largest absolute Gasteiger partial charge is 0.477 e. The topological polar surface area (TPSA) is 175 Å². The number of carboxylic acid groups (broad SMARTS) is 1. The number of fused-ring (bicyclic) bond motifs is 2. The van der Waals surface area contributed by atoms with Gasteiger partial charge in [-0.2, -0.15) is 0 Å². The average Bonchev–Trinajstić information content (AvgIpc) is 3.75. The van der Waals surface area contributed by atoms with Crippen molar-refractivity contribution in [1.82, 2.24) is 46.0 Å². The van der Waals surface area contributed by atoms with Crippen molar-refractivity contribution in [3.05, 3.63) is 16.9 Å². The summed E-state index contributed by atoms with van der Waals surface area (Å²) in [4.78, 5) is 55.6. The Hall–Kier alpha value is -3.04. The molecule has 4 N–H and O–H groups in total. The van der Waals surface area contributed by atoms with Gasteiger partial charge >= 0.3 is 5.97 Å². The second kappa shape index (κ2) is 9.76. The van der Waals surface area contributed by atoms with E-state index in [4.69, 9.17) is 0 Å². The minimum absolute atomic E-state index is 0.0224. The Morgan fingerprint density at radius 1 is 1.29 bits per heavy atom. The molecule has 5 unspecified atom stereocenters. The van der Waals surface area contributed by atoms with Crippen molar-refractivity contribution in [2.24, 2.45) is 23.2 Å². The standard InChI is InChI=1S/C26H35N9O5S/c1-12-20-19(13(2)30-18(36)8-34-11-29-31-32-34)24(38)35(20)21(25(39)40)22(12)41-16-4-17(27-6-16)23(37)33-7-14-3-15-5-26(14,10-33)9-28-15/h11-17,19-20,27-28H,3-10H2,1-2H3,(H,30,36)(H,39,40)/t12?,13?,14?,15?,16?,17-,19+,20+,26+/m0/s1. The lowest BCUT2D eigenvalue weighted by molar-refractivity contribution is -0.158. The van der Waals surface area contributed by atoms with Gasteiger partial charge in [0.05, 0.1) is 18.0 Å². The van der Waals surface area contributed by atoms with Gasteiger partial charge in [-0.25, -0.2) is 9.48 Å². The number of β-lactam (4-membered cyclic amide) rings is 1. The van der Waals surface area contributed by atoms with E-state index in [0.29, 0.717) is 29.8 Å². The predicted octanol–water partition coefficient (Wildman–Crippen LogP) is -1.38. The van der Waals surface area contributed by atoms with Crippen molar-refractivity contribution in [2.75, 3.05) is 26.2 Å². The third-order valence-electron chi connectivity index (χ3n) is 10.2. The zero-order chi connectivity index (χ0) is 28.6. The highest BCUT2D eigenvalue weighted by Gasteiger charge is 2.61. The summed E-state index contributed by atoms with van der Waals surface area (Å²) < 4.78 is 1.29. The zero-order valence-electron chi connectivity index (χ0n) is 23.0. The smallest absolute Gasteiger partial charge is 0.353 e. The number of carbonyl (C=O) groups excluding carboxylic acids is 3. The van der Waals surface area contributed by atoms with E-state index in [9.17, 15) is 24.3 Å². The fraction of sp³-hybridized carbons (Fsp3) is 0.731. The third kappa shape index (κ3) is 4.26. The average molecular weight is 586 g/mol. The van der Waals surface area contributed by atoms with E-state index in [2.05, 4.69) is 31.5 Å². The summed E-state index contributed by atoms with van der Waals surface area (Å²) in [5.74, 6) is -1.77. The van der Waals surface area contributed by atoms with E-state index in [1.807, 2.05) is 11.8 Å². The van der Waals surface area contributed by atoms with Crippen LogP contribution >= 0.6 is 11.8 Å². The van der Waals surface area contributed by atoms with Crippen LogP contribution in [0.4, 0.5) is 0 Å². The molecule has 2 bridgehead atoms. The normalized spacial score (nSPS) is 37.8. The Balaban J connectivity index is 0.989. The van der Waals surface area contributed by atoms with Gasteiger partial charge in [-0.3, -0.25) is 14.4 Å². The Morgan fingerprint density at radius 2 is 2.12 bits per heavy atom. The first-order valence-corrected chi connectivity index (χ1v) is 15.3. The first-order chi connectivity index (χ1) is 19.6.